The lowest BCUT2D eigenvalue weighted by atomic mass is 10.1. The van der Waals surface area contributed by atoms with Gasteiger partial charge in [0, 0.05) is 17.8 Å². The van der Waals surface area contributed by atoms with Gasteiger partial charge in [0.1, 0.15) is 0 Å². The van der Waals surface area contributed by atoms with Crippen molar-refractivity contribution in [1.82, 2.24) is 0 Å². The van der Waals surface area contributed by atoms with Crippen molar-refractivity contribution in [3.05, 3.63) is 60.2 Å². The van der Waals surface area contributed by atoms with E-state index in [-0.39, 0.29) is 11.8 Å². The van der Waals surface area contributed by atoms with E-state index in [0.717, 1.165) is 5.56 Å². The van der Waals surface area contributed by atoms with Crippen LogP contribution < -0.4 is 16.4 Å². The molecule has 4 N–H and O–H groups in total. The monoisotopic (exact) mass is 339 g/mol. The van der Waals surface area contributed by atoms with E-state index in [9.17, 15) is 9.59 Å². The Morgan fingerprint density at radius 3 is 2.04 bits per heavy atom. The van der Waals surface area contributed by atoms with Crippen LogP contribution in [0.2, 0.25) is 0 Å². The first-order valence-electron chi connectivity index (χ1n) is 8.44. The van der Waals surface area contributed by atoms with Crippen LogP contribution in [0.3, 0.4) is 0 Å². The number of nitrogens with two attached hydrogens (primary N) is 1. The van der Waals surface area contributed by atoms with Gasteiger partial charge in [0.2, 0.25) is 11.8 Å². The predicted molar refractivity (Wildman–Crippen MR) is 101 cm³/mol. The normalized spacial score (nSPS) is 11.8. The summed E-state index contributed by atoms with van der Waals surface area (Å²) in [4.78, 5) is 23.9. The van der Waals surface area contributed by atoms with Gasteiger partial charge in [-0.05, 0) is 42.2 Å². The number of hydrogen-bond donors (Lipinski definition) is 3. The number of rotatable bonds is 7. The van der Waals surface area contributed by atoms with E-state index in [4.69, 9.17) is 5.73 Å². The molecule has 5 nitrogen and oxygen atoms in total. The molecular weight excluding hydrogens is 314 g/mol. The molecule has 0 aliphatic carbocycles. The van der Waals surface area contributed by atoms with Crippen LogP contribution >= 0.6 is 0 Å². The second-order valence-corrected chi connectivity index (χ2v) is 6.51. The smallest absolute Gasteiger partial charge is 0.241 e. The summed E-state index contributed by atoms with van der Waals surface area (Å²) in [6.45, 7) is 3.99. The van der Waals surface area contributed by atoms with Crippen LogP contribution in [0.5, 0.6) is 0 Å². The highest BCUT2D eigenvalue weighted by molar-refractivity contribution is 5.95. The zero-order chi connectivity index (χ0) is 18.2. The maximum atomic E-state index is 12.2. The molecule has 2 aromatic carbocycles. The molecule has 0 aliphatic rings. The first kappa shape index (κ1) is 18.7. The summed E-state index contributed by atoms with van der Waals surface area (Å²) in [6, 6.07) is 16.1. The fraction of sp³-hybridized carbons (Fsp3) is 0.300. The van der Waals surface area contributed by atoms with Crippen molar-refractivity contribution in [3.8, 4) is 0 Å². The molecule has 0 radical (unpaired) electrons. The van der Waals surface area contributed by atoms with Gasteiger partial charge in [0.25, 0.3) is 0 Å². The summed E-state index contributed by atoms with van der Waals surface area (Å²) in [7, 11) is 0. The maximum Gasteiger partial charge on any atom is 0.241 e. The van der Waals surface area contributed by atoms with Crippen molar-refractivity contribution < 1.29 is 9.59 Å². The third-order valence-electron chi connectivity index (χ3n) is 3.67. The number of benzene rings is 2. The molecule has 0 bridgehead atoms. The molecule has 0 aliphatic heterocycles. The molecule has 1 atom stereocenters. The zero-order valence-corrected chi connectivity index (χ0v) is 14.7. The largest absolute Gasteiger partial charge is 0.326 e. The zero-order valence-electron chi connectivity index (χ0n) is 14.7. The number of nitrogens with one attached hydrogen (secondary N) is 2. The summed E-state index contributed by atoms with van der Waals surface area (Å²) < 4.78 is 0. The van der Waals surface area contributed by atoms with Crippen LogP contribution in [0.4, 0.5) is 11.4 Å². The highest BCUT2D eigenvalue weighted by atomic mass is 16.2. The van der Waals surface area contributed by atoms with Crippen LogP contribution in [-0.4, -0.2) is 17.9 Å². The average molecular weight is 339 g/mol. The first-order chi connectivity index (χ1) is 11.9. The van der Waals surface area contributed by atoms with Gasteiger partial charge in [0.15, 0.2) is 0 Å². The van der Waals surface area contributed by atoms with Gasteiger partial charge >= 0.3 is 0 Å². The van der Waals surface area contributed by atoms with Gasteiger partial charge in [-0.1, -0.05) is 44.2 Å². The lowest BCUT2D eigenvalue weighted by Crippen LogP contribution is -2.37. The Bertz CT molecular complexity index is 697. The Labute approximate surface area is 148 Å². The van der Waals surface area contributed by atoms with Gasteiger partial charge in [-0.2, -0.15) is 0 Å². The summed E-state index contributed by atoms with van der Waals surface area (Å²) in [5, 5.41) is 5.63. The van der Waals surface area contributed by atoms with Gasteiger partial charge in [-0.15, -0.1) is 0 Å². The fourth-order valence-corrected chi connectivity index (χ4v) is 2.42. The van der Waals surface area contributed by atoms with Crippen molar-refractivity contribution >= 4 is 23.2 Å². The summed E-state index contributed by atoms with van der Waals surface area (Å²) >= 11 is 0. The lowest BCUT2D eigenvalue weighted by Gasteiger charge is -2.13. The van der Waals surface area contributed by atoms with Crippen LogP contribution in [0.25, 0.3) is 0 Å². The molecule has 2 amide bonds. The van der Waals surface area contributed by atoms with E-state index in [0.29, 0.717) is 30.1 Å². The number of carbonyl (C=O) groups excluding carboxylic acids is 2. The van der Waals surface area contributed by atoms with Crippen molar-refractivity contribution in [2.45, 2.75) is 32.7 Å². The molecule has 25 heavy (non-hydrogen) atoms. The van der Waals surface area contributed by atoms with E-state index < -0.39 is 6.04 Å². The minimum Gasteiger partial charge on any atom is -0.326 e. The van der Waals surface area contributed by atoms with Crippen molar-refractivity contribution in [1.29, 1.82) is 0 Å². The SMILES string of the molecule is CC(C)CC(=O)Nc1ccc(NC(=O)[C@@H](N)Cc2ccccc2)cc1. The van der Waals surface area contributed by atoms with E-state index >= 15 is 0 Å². The molecule has 2 rings (SSSR count). The maximum absolute atomic E-state index is 12.2. The lowest BCUT2D eigenvalue weighted by molar-refractivity contribution is -0.118. The summed E-state index contributed by atoms with van der Waals surface area (Å²) in [6.07, 6.45) is 0.961. The molecular formula is C20H25N3O2. The van der Waals surface area contributed by atoms with Crippen LogP contribution in [-0.2, 0) is 16.0 Å². The van der Waals surface area contributed by atoms with Gasteiger partial charge < -0.3 is 16.4 Å². The summed E-state index contributed by atoms with van der Waals surface area (Å²) in [5.74, 6) is 0.0572. The summed E-state index contributed by atoms with van der Waals surface area (Å²) in [5.41, 5.74) is 8.35. The second-order valence-electron chi connectivity index (χ2n) is 6.51. The quantitative estimate of drug-likeness (QED) is 0.724. The van der Waals surface area contributed by atoms with E-state index in [1.165, 1.54) is 0 Å². The van der Waals surface area contributed by atoms with Crippen molar-refractivity contribution in [2.75, 3.05) is 10.6 Å². The standard InChI is InChI=1S/C20H25N3O2/c1-14(2)12-19(24)22-16-8-10-17(11-9-16)23-20(25)18(21)13-15-6-4-3-5-7-15/h3-11,14,18H,12-13,21H2,1-2H3,(H,22,24)(H,23,25)/t18-/m0/s1. The van der Waals surface area contributed by atoms with Crippen LogP contribution in [0.1, 0.15) is 25.8 Å². The molecule has 0 aromatic heterocycles. The molecule has 0 saturated heterocycles. The predicted octanol–water partition coefficient (Wildman–Crippen LogP) is 3.18. The van der Waals surface area contributed by atoms with E-state index in [1.807, 2.05) is 44.2 Å². The third kappa shape index (κ3) is 6.39. The molecule has 0 heterocycles. The molecule has 0 unspecified atom stereocenters. The second kappa shape index (κ2) is 8.99. The van der Waals surface area contributed by atoms with E-state index in [2.05, 4.69) is 10.6 Å². The highest BCUT2D eigenvalue weighted by Crippen LogP contribution is 2.15. The Morgan fingerprint density at radius 1 is 0.920 bits per heavy atom. The molecule has 5 heteroatoms. The number of amides is 2. The highest BCUT2D eigenvalue weighted by Gasteiger charge is 2.14. The third-order valence-corrected chi connectivity index (χ3v) is 3.67. The van der Waals surface area contributed by atoms with Gasteiger partial charge in [0.05, 0.1) is 6.04 Å². The Balaban J connectivity index is 1.87. The van der Waals surface area contributed by atoms with Crippen molar-refractivity contribution in [2.24, 2.45) is 11.7 Å². The minimum atomic E-state index is -0.618. The van der Waals surface area contributed by atoms with Gasteiger partial charge in [-0.3, -0.25) is 9.59 Å². The Hall–Kier alpha value is -2.66. The Kier molecular flexibility index (Phi) is 6.71. The van der Waals surface area contributed by atoms with E-state index in [1.54, 1.807) is 24.3 Å². The number of anilines is 2. The van der Waals surface area contributed by atoms with Crippen molar-refractivity contribution in [3.63, 3.8) is 0 Å². The van der Waals surface area contributed by atoms with Gasteiger partial charge in [-0.25, -0.2) is 0 Å². The first-order valence-corrected chi connectivity index (χ1v) is 8.44. The number of hydrogen-bond acceptors (Lipinski definition) is 3. The minimum absolute atomic E-state index is 0.0170. The Morgan fingerprint density at radius 2 is 1.48 bits per heavy atom. The van der Waals surface area contributed by atoms with Crippen LogP contribution in [0.15, 0.2) is 54.6 Å². The topological polar surface area (TPSA) is 84.2 Å². The molecule has 0 saturated carbocycles. The molecule has 0 spiro atoms. The average Bonchev–Trinajstić information content (AvgIpc) is 2.56. The van der Waals surface area contributed by atoms with Crippen LogP contribution in [0, 0.1) is 5.92 Å². The molecule has 2 aromatic rings. The molecule has 0 fully saturated rings. The number of carbonyl (C=O) groups is 2. The molecule has 132 valence electrons. The fourth-order valence-electron chi connectivity index (χ4n) is 2.42.